The summed E-state index contributed by atoms with van der Waals surface area (Å²) in [6.07, 6.45) is -7.31. The van der Waals surface area contributed by atoms with Gasteiger partial charge in [0, 0.05) is 5.69 Å². The number of benzene rings is 2. The van der Waals surface area contributed by atoms with E-state index in [0.29, 0.717) is 11.3 Å². The lowest BCUT2D eigenvalue weighted by Gasteiger charge is -2.40. The molecular weight excluding hydrogens is 373 g/mol. The SMILES string of the molecule is O=C(Nc1ccc(F)cc1)Oc1cccc([C@H]2O[C@H](CO)[C@@H](O)[C@H](O)[C@@H]2O)c1. The number of halogens is 1. The number of hydrogen-bond acceptors (Lipinski definition) is 7. The van der Waals surface area contributed by atoms with Crippen LogP contribution in [0.4, 0.5) is 14.9 Å². The lowest BCUT2D eigenvalue weighted by Crippen LogP contribution is -2.55. The normalized spacial score (nSPS) is 27.2. The number of nitrogens with one attached hydrogen (secondary N) is 1. The highest BCUT2D eigenvalue weighted by atomic mass is 19.1. The van der Waals surface area contributed by atoms with Gasteiger partial charge in [-0.1, -0.05) is 12.1 Å². The fraction of sp³-hybridized carbons (Fsp3) is 0.316. The molecule has 1 aliphatic heterocycles. The molecule has 1 heterocycles. The summed E-state index contributed by atoms with van der Waals surface area (Å²) in [5, 5.41) is 41.7. The molecule has 5 N–H and O–H groups in total. The van der Waals surface area contributed by atoms with Crippen LogP contribution >= 0.6 is 0 Å². The van der Waals surface area contributed by atoms with Crippen molar-refractivity contribution in [2.24, 2.45) is 0 Å². The van der Waals surface area contributed by atoms with E-state index in [-0.39, 0.29) is 5.75 Å². The summed E-state index contributed by atoms with van der Waals surface area (Å²) in [6, 6.07) is 11.2. The Morgan fingerprint density at radius 2 is 1.79 bits per heavy atom. The molecule has 5 atom stereocenters. The van der Waals surface area contributed by atoms with Gasteiger partial charge in [0.15, 0.2) is 0 Å². The quantitative estimate of drug-likeness (QED) is 0.523. The van der Waals surface area contributed by atoms with Gasteiger partial charge in [0.2, 0.25) is 0 Å². The third kappa shape index (κ3) is 4.46. The van der Waals surface area contributed by atoms with Gasteiger partial charge in [0.1, 0.15) is 42.1 Å². The Morgan fingerprint density at radius 1 is 1.07 bits per heavy atom. The molecular formula is C19H20FNO7. The molecule has 1 saturated heterocycles. The summed E-state index contributed by atoms with van der Waals surface area (Å²) in [5.74, 6) is -0.305. The van der Waals surface area contributed by atoms with E-state index in [2.05, 4.69) is 5.32 Å². The Labute approximate surface area is 159 Å². The largest absolute Gasteiger partial charge is 0.417 e. The van der Waals surface area contributed by atoms with Crippen LogP contribution in [0.3, 0.4) is 0 Å². The van der Waals surface area contributed by atoms with Gasteiger partial charge in [-0.3, -0.25) is 5.32 Å². The molecule has 28 heavy (non-hydrogen) atoms. The Hall–Kier alpha value is -2.56. The molecule has 0 bridgehead atoms. The molecule has 0 spiro atoms. The first kappa shape index (κ1) is 20.2. The summed E-state index contributed by atoms with van der Waals surface area (Å²) in [5.41, 5.74) is 0.723. The summed E-state index contributed by atoms with van der Waals surface area (Å²) < 4.78 is 23.6. The minimum absolute atomic E-state index is 0.133. The van der Waals surface area contributed by atoms with Crippen molar-refractivity contribution in [1.82, 2.24) is 0 Å². The number of aliphatic hydroxyl groups is 4. The fourth-order valence-electron chi connectivity index (χ4n) is 2.92. The van der Waals surface area contributed by atoms with Crippen molar-refractivity contribution in [1.29, 1.82) is 0 Å². The first-order valence-corrected chi connectivity index (χ1v) is 8.54. The second-order valence-corrected chi connectivity index (χ2v) is 6.34. The molecule has 9 heteroatoms. The molecule has 2 aromatic rings. The second kappa shape index (κ2) is 8.63. The number of carbonyl (C=O) groups is 1. The maximum absolute atomic E-state index is 12.9. The Balaban J connectivity index is 1.71. The molecule has 3 rings (SSSR count). The molecule has 150 valence electrons. The number of hydrogen-bond donors (Lipinski definition) is 5. The van der Waals surface area contributed by atoms with Crippen LogP contribution < -0.4 is 10.1 Å². The Kier molecular flexibility index (Phi) is 6.22. The number of anilines is 1. The molecule has 8 nitrogen and oxygen atoms in total. The summed E-state index contributed by atoms with van der Waals surface area (Å²) in [7, 11) is 0. The summed E-state index contributed by atoms with van der Waals surface area (Å²) in [6.45, 7) is -0.544. The maximum Gasteiger partial charge on any atom is 0.417 e. The van der Waals surface area contributed by atoms with Gasteiger partial charge in [-0.05, 0) is 42.0 Å². The van der Waals surface area contributed by atoms with Gasteiger partial charge in [-0.15, -0.1) is 0 Å². The van der Waals surface area contributed by atoms with Crippen molar-refractivity contribution >= 4 is 11.8 Å². The molecule has 0 unspecified atom stereocenters. The third-order valence-electron chi connectivity index (χ3n) is 4.38. The van der Waals surface area contributed by atoms with Gasteiger partial charge in [-0.2, -0.15) is 0 Å². The zero-order valence-electron chi connectivity index (χ0n) is 14.6. The van der Waals surface area contributed by atoms with Crippen LogP contribution in [0.2, 0.25) is 0 Å². The number of carbonyl (C=O) groups excluding carboxylic acids is 1. The van der Waals surface area contributed by atoms with E-state index in [4.69, 9.17) is 9.47 Å². The van der Waals surface area contributed by atoms with Crippen LogP contribution in [0, 0.1) is 5.82 Å². The monoisotopic (exact) mass is 393 g/mol. The van der Waals surface area contributed by atoms with Crippen LogP contribution in [0.15, 0.2) is 48.5 Å². The van der Waals surface area contributed by atoms with Crippen molar-refractivity contribution in [3.63, 3.8) is 0 Å². The molecule has 1 amide bonds. The average molecular weight is 393 g/mol. The Bertz CT molecular complexity index is 814. The molecule has 1 aliphatic rings. The van der Waals surface area contributed by atoms with Gasteiger partial charge < -0.3 is 29.9 Å². The van der Waals surface area contributed by atoms with Crippen LogP contribution in [-0.4, -0.2) is 57.5 Å². The van der Waals surface area contributed by atoms with Crippen molar-refractivity contribution in [3.05, 3.63) is 59.9 Å². The number of ether oxygens (including phenoxy) is 2. The average Bonchev–Trinajstić information content (AvgIpc) is 2.68. The lowest BCUT2D eigenvalue weighted by atomic mass is 9.91. The van der Waals surface area contributed by atoms with Gasteiger partial charge in [-0.25, -0.2) is 9.18 Å². The molecule has 0 saturated carbocycles. The number of rotatable bonds is 4. The van der Waals surface area contributed by atoms with E-state index >= 15 is 0 Å². The Morgan fingerprint density at radius 3 is 2.46 bits per heavy atom. The molecule has 0 aliphatic carbocycles. The van der Waals surface area contributed by atoms with E-state index in [1.807, 2.05) is 0 Å². The predicted octanol–water partition coefficient (Wildman–Crippen LogP) is 0.951. The second-order valence-electron chi connectivity index (χ2n) is 6.34. The highest BCUT2D eigenvalue weighted by molar-refractivity contribution is 5.86. The minimum atomic E-state index is -1.51. The zero-order valence-corrected chi connectivity index (χ0v) is 14.6. The predicted molar refractivity (Wildman–Crippen MR) is 95.2 cm³/mol. The van der Waals surface area contributed by atoms with E-state index in [1.165, 1.54) is 36.4 Å². The van der Waals surface area contributed by atoms with Crippen LogP contribution in [-0.2, 0) is 4.74 Å². The maximum atomic E-state index is 12.9. The molecule has 0 aromatic heterocycles. The van der Waals surface area contributed by atoms with Crippen LogP contribution in [0.1, 0.15) is 11.7 Å². The van der Waals surface area contributed by atoms with Crippen LogP contribution in [0.5, 0.6) is 5.75 Å². The molecule has 0 radical (unpaired) electrons. The highest BCUT2D eigenvalue weighted by Crippen LogP contribution is 2.33. The first-order valence-electron chi connectivity index (χ1n) is 8.54. The van der Waals surface area contributed by atoms with Crippen molar-refractivity contribution in [2.75, 3.05) is 11.9 Å². The van der Waals surface area contributed by atoms with Crippen LogP contribution in [0.25, 0.3) is 0 Å². The van der Waals surface area contributed by atoms with E-state index in [0.717, 1.165) is 0 Å². The van der Waals surface area contributed by atoms with E-state index < -0.39 is 49.0 Å². The lowest BCUT2D eigenvalue weighted by molar-refractivity contribution is -0.231. The molecule has 1 fully saturated rings. The van der Waals surface area contributed by atoms with Gasteiger partial charge in [0.25, 0.3) is 0 Å². The minimum Gasteiger partial charge on any atom is -0.410 e. The van der Waals surface area contributed by atoms with Crippen molar-refractivity contribution in [3.8, 4) is 5.75 Å². The van der Waals surface area contributed by atoms with Crippen molar-refractivity contribution in [2.45, 2.75) is 30.5 Å². The molecule has 2 aromatic carbocycles. The van der Waals surface area contributed by atoms with E-state index in [9.17, 15) is 29.6 Å². The fourth-order valence-corrected chi connectivity index (χ4v) is 2.92. The topological polar surface area (TPSA) is 128 Å². The summed E-state index contributed by atoms with van der Waals surface area (Å²) in [4.78, 5) is 12.0. The third-order valence-corrected chi connectivity index (χ3v) is 4.38. The summed E-state index contributed by atoms with van der Waals surface area (Å²) >= 11 is 0. The van der Waals surface area contributed by atoms with Gasteiger partial charge >= 0.3 is 6.09 Å². The van der Waals surface area contributed by atoms with Gasteiger partial charge in [0.05, 0.1) is 6.61 Å². The number of amides is 1. The van der Waals surface area contributed by atoms with E-state index in [1.54, 1.807) is 12.1 Å². The first-order chi connectivity index (χ1) is 13.4. The smallest absolute Gasteiger partial charge is 0.410 e. The van der Waals surface area contributed by atoms with Crippen molar-refractivity contribution < 1.29 is 39.1 Å². The number of aliphatic hydroxyl groups excluding tert-OH is 4. The zero-order chi connectivity index (χ0) is 20.3. The standard InChI is InChI=1S/C19H20FNO7/c20-11-4-6-12(7-5-11)21-19(26)27-13-3-1-2-10(8-13)18-17(25)16(24)15(23)14(9-22)28-18/h1-8,14-18,22-25H,9H2,(H,21,26)/t14-,15-,16+,17+,18-/m1/s1. The highest BCUT2D eigenvalue weighted by Gasteiger charge is 2.44.